The van der Waals surface area contributed by atoms with Crippen molar-refractivity contribution in [3.63, 3.8) is 0 Å². The number of hydrogen-bond acceptors (Lipinski definition) is 7. The fourth-order valence-corrected chi connectivity index (χ4v) is 4.09. The molecule has 0 saturated carbocycles. The van der Waals surface area contributed by atoms with Gasteiger partial charge in [0.1, 0.15) is 18.5 Å². The van der Waals surface area contributed by atoms with Gasteiger partial charge in [-0.05, 0) is 18.7 Å². The van der Waals surface area contributed by atoms with E-state index in [-0.39, 0.29) is 13.2 Å². The number of piperazine rings is 1. The number of imidazole rings is 1. The molecule has 0 spiro atoms. The number of benzene rings is 1. The summed E-state index contributed by atoms with van der Waals surface area (Å²) in [7, 11) is 3.06. The van der Waals surface area contributed by atoms with Crippen LogP contribution in [0.15, 0.2) is 39.9 Å². The van der Waals surface area contributed by atoms with Crippen molar-refractivity contribution >= 4 is 17.1 Å². The second-order valence-corrected chi connectivity index (χ2v) is 8.10. The van der Waals surface area contributed by atoms with Crippen LogP contribution in [-0.4, -0.2) is 74.1 Å². The molecule has 1 saturated heterocycles. The monoisotopic (exact) mass is 442 g/mol. The van der Waals surface area contributed by atoms with Crippen molar-refractivity contribution in [2.24, 2.45) is 14.1 Å². The number of hydrogen-bond donors (Lipinski definition) is 1. The fourth-order valence-electron chi connectivity index (χ4n) is 4.09. The molecule has 3 heterocycles. The number of ether oxygens (including phenoxy) is 1. The van der Waals surface area contributed by atoms with Crippen LogP contribution in [-0.2, 0) is 20.6 Å². The molecule has 3 aromatic rings. The van der Waals surface area contributed by atoms with E-state index in [4.69, 9.17) is 4.74 Å². The van der Waals surface area contributed by atoms with E-state index < -0.39 is 17.4 Å². The van der Waals surface area contributed by atoms with Crippen LogP contribution in [0.25, 0.3) is 11.2 Å². The normalized spacial score (nSPS) is 15.9. The maximum absolute atomic E-state index is 13.0. The lowest BCUT2D eigenvalue weighted by molar-refractivity contribution is 0.0935. The Morgan fingerprint density at radius 1 is 1.06 bits per heavy atom. The number of nitrogens with zero attached hydrogens (tertiary/aromatic N) is 6. The smallest absolute Gasteiger partial charge is 0.332 e. The second-order valence-electron chi connectivity index (χ2n) is 8.10. The average molecular weight is 443 g/mol. The van der Waals surface area contributed by atoms with Gasteiger partial charge in [0.15, 0.2) is 11.2 Å². The molecule has 0 aliphatic carbocycles. The first-order chi connectivity index (χ1) is 15.4. The van der Waals surface area contributed by atoms with E-state index in [1.807, 2.05) is 30.3 Å². The van der Waals surface area contributed by atoms with E-state index >= 15 is 0 Å². The molecular formula is C22H30N6O4. The number of anilines is 1. The second kappa shape index (κ2) is 9.17. The summed E-state index contributed by atoms with van der Waals surface area (Å²) in [6.07, 6.45) is -0.870. The Balaban J connectivity index is 1.69. The van der Waals surface area contributed by atoms with Crippen molar-refractivity contribution in [1.29, 1.82) is 0 Å². The van der Waals surface area contributed by atoms with E-state index in [9.17, 15) is 14.7 Å². The third-order valence-corrected chi connectivity index (χ3v) is 6.01. The highest BCUT2D eigenvalue weighted by molar-refractivity contribution is 5.74. The van der Waals surface area contributed by atoms with Gasteiger partial charge >= 0.3 is 5.69 Å². The fraction of sp³-hybridized carbons (Fsp3) is 0.500. The summed E-state index contributed by atoms with van der Waals surface area (Å²) in [6.45, 7) is 6.58. The number of aliphatic hydroxyl groups excluding tert-OH is 1. The number of likely N-dealkylation sites (N-methyl/N-ethyl adjacent to an activating group) is 1. The van der Waals surface area contributed by atoms with Crippen LogP contribution in [0, 0.1) is 0 Å². The molecule has 32 heavy (non-hydrogen) atoms. The summed E-state index contributed by atoms with van der Waals surface area (Å²) >= 11 is 0. The van der Waals surface area contributed by atoms with Crippen molar-refractivity contribution in [2.75, 3.05) is 44.2 Å². The lowest BCUT2D eigenvalue weighted by Gasteiger charge is -2.35. The predicted octanol–water partition coefficient (Wildman–Crippen LogP) is 0.0155. The third-order valence-electron chi connectivity index (χ3n) is 6.01. The van der Waals surface area contributed by atoms with Crippen molar-refractivity contribution < 1.29 is 9.84 Å². The first-order valence-electron chi connectivity index (χ1n) is 10.9. The number of rotatable bonds is 7. The molecule has 1 aliphatic rings. The first kappa shape index (κ1) is 22.1. The summed E-state index contributed by atoms with van der Waals surface area (Å²) in [5, 5.41) is 10.8. The molecule has 1 aliphatic heterocycles. The lowest BCUT2D eigenvalue weighted by atomic mass is 10.3. The molecular weight excluding hydrogens is 412 g/mol. The Bertz CT molecular complexity index is 1190. The molecule has 2 aromatic heterocycles. The van der Waals surface area contributed by atoms with Crippen LogP contribution in [0.3, 0.4) is 0 Å². The predicted molar refractivity (Wildman–Crippen MR) is 122 cm³/mol. The minimum atomic E-state index is -0.870. The minimum absolute atomic E-state index is 0.0683. The quantitative estimate of drug-likeness (QED) is 0.551. The molecule has 4 rings (SSSR count). The molecule has 10 nitrogen and oxygen atoms in total. The number of para-hydroxylation sites is 1. The maximum Gasteiger partial charge on any atom is 0.332 e. The molecule has 0 radical (unpaired) electrons. The molecule has 0 bridgehead atoms. The van der Waals surface area contributed by atoms with Gasteiger partial charge in [0.2, 0.25) is 5.95 Å². The van der Waals surface area contributed by atoms with Gasteiger partial charge in [-0.3, -0.25) is 13.9 Å². The molecule has 1 N–H and O–H groups in total. The van der Waals surface area contributed by atoms with E-state index in [1.165, 1.54) is 11.6 Å². The van der Waals surface area contributed by atoms with Crippen LogP contribution >= 0.6 is 0 Å². The molecule has 0 unspecified atom stereocenters. The average Bonchev–Trinajstić information content (AvgIpc) is 3.20. The highest BCUT2D eigenvalue weighted by atomic mass is 16.5. The minimum Gasteiger partial charge on any atom is -0.491 e. The van der Waals surface area contributed by atoms with Crippen LogP contribution in [0.5, 0.6) is 5.75 Å². The third kappa shape index (κ3) is 4.15. The highest BCUT2D eigenvalue weighted by Gasteiger charge is 2.26. The van der Waals surface area contributed by atoms with Gasteiger partial charge in [0.25, 0.3) is 5.56 Å². The Kier molecular flexibility index (Phi) is 6.33. The van der Waals surface area contributed by atoms with Crippen LogP contribution in [0.4, 0.5) is 5.95 Å². The summed E-state index contributed by atoms with van der Waals surface area (Å²) in [5.41, 5.74) is -0.226. The molecule has 1 fully saturated rings. The van der Waals surface area contributed by atoms with Gasteiger partial charge in [0, 0.05) is 40.3 Å². The first-order valence-corrected chi connectivity index (χ1v) is 10.9. The van der Waals surface area contributed by atoms with Gasteiger partial charge in [-0.15, -0.1) is 0 Å². The Hall–Kier alpha value is -3.11. The summed E-state index contributed by atoms with van der Waals surface area (Å²) in [4.78, 5) is 34.6. The number of aromatic nitrogens is 4. The molecule has 172 valence electrons. The van der Waals surface area contributed by atoms with Crippen molar-refractivity contribution in [3.05, 3.63) is 51.2 Å². The zero-order valence-electron chi connectivity index (χ0n) is 18.8. The SMILES string of the molecule is CCN1CCN(c2nc3c(c(=O)n(C)c(=O)n3C)n2C[C@@H](O)COc2ccccc2)CC1. The van der Waals surface area contributed by atoms with E-state index in [1.54, 1.807) is 11.6 Å². The summed E-state index contributed by atoms with van der Waals surface area (Å²) in [5.74, 6) is 1.25. The van der Waals surface area contributed by atoms with Crippen LogP contribution in [0.1, 0.15) is 6.92 Å². The van der Waals surface area contributed by atoms with Gasteiger partial charge < -0.3 is 24.2 Å². The van der Waals surface area contributed by atoms with E-state index in [0.29, 0.717) is 22.9 Å². The number of aliphatic hydroxyl groups is 1. The van der Waals surface area contributed by atoms with Gasteiger partial charge in [-0.1, -0.05) is 25.1 Å². The topological polar surface area (TPSA) is 97.8 Å². The molecule has 1 atom stereocenters. The van der Waals surface area contributed by atoms with E-state index in [2.05, 4.69) is 21.7 Å². The van der Waals surface area contributed by atoms with Gasteiger partial charge in [0.05, 0.1) is 6.54 Å². The number of fused-ring (bicyclic) bond motifs is 1. The van der Waals surface area contributed by atoms with E-state index in [0.717, 1.165) is 37.3 Å². The van der Waals surface area contributed by atoms with Crippen molar-refractivity contribution in [2.45, 2.75) is 19.6 Å². The van der Waals surface area contributed by atoms with Crippen LogP contribution < -0.4 is 20.9 Å². The lowest BCUT2D eigenvalue weighted by Crippen LogP contribution is -2.47. The highest BCUT2D eigenvalue weighted by Crippen LogP contribution is 2.22. The Morgan fingerprint density at radius 2 is 1.75 bits per heavy atom. The summed E-state index contributed by atoms with van der Waals surface area (Å²) < 4.78 is 9.89. The largest absolute Gasteiger partial charge is 0.491 e. The number of aryl methyl sites for hydroxylation is 1. The van der Waals surface area contributed by atoms with Crippen LogP contribution in [0.2, 0.25) is 0 Å². The zero-order chi connectivity index (χ0) is 22.8. The molecule has 1 aromatic carbocycles. The van der Waals surface area contributed by atoms with Crippen molar-refractivity contribution in [3.8, 4) is 5.75 Å². The van der Waals surface area contributed by atoms with Gasteiger partial charge in [-0.25, -0.2) is 4.79 Å². The zero-order valence-corrected chi connectivity index (χ0v) is 18.8. The Labute approximate surface area is 185 Å². The standard InChI is InChI=1S/C22H30N6O4/c1-4-26-10-12-27(13-11-26)21-23-19-18(20(30)25(3)22(31)24(19)2)28(21)14-16(29)15-32-17-8-6-5-7-9-17/h5-9,16,29H,4,10-15H2,1-3H3/t16-/m1/s1. The summed E-state index contributed by atoms with van der Waals surface area (Å²) in [6, 6.07) is 9.27. The van der Waals surface area contributed by atoms with Crippen molar-refractivity contribution in [1.82, 2.24) is 23.6 Å². The maximum atomic E-state index is 13.0. The molecule has 0 amide bonds. The Morgan fingerprint density at radius 3 is 2.41 bits per heavy atom. The van der Waals surface area contributed by atoms with Gasteiger partial charge in [-0.2, -0.15) is 4.98 Å². The molecule has 10 heteroatoms.